The van der Waals surface area contributed by atoms with Gasteiger partial charge in [0.1, 0.15) is 17.5 Å². The van der Waals surface area contributed by atoms with Crippen LogP contribution in [0.3, 0.4) is 0 Å². The molecule has 5 rings (SSSR count). The van der Waals surface area contributed by atoms with Gasteiger partial charge in [0.2, 0.25) is 15.9 Å². The van der Waals surface area contributed by atoms with Crippen LogP contribution in [0.4, 0.5) is 5.69 Å². The minimum absolute atomic E-state index is 0.101. The summed E-state index contributed by atoms with van der Waals surface area (Å²) in [5.74, 6) is 0.865. The van der Waals surface area contributed by atoms with Gasteiger partial charge in [-0.2, -0.15) is 4.31 Å². The molecule has 1 atom stereocenters. The summed E-state index contributed by atoms with van der Waals surface area (Å²) < 4.78 is 40.8. The van der Waals surface area contributed by atoms with E-state index in [2.05, 4.69) is 0 Å². The van der Waals surface area contributed by atoms with Crippen molar-refractivity contribution in [2.75, 3.05) is 38.8 Å². The molecule has 1 unspecified atom stereocenters. The van der Waals surface area contributed by atoms with E-state index in [9.17, 15) is 13.2 Å². The molecule has 4 aromatic rings. The number of benzene rings is 4. The largest absolute Gasteiger partial charge is 0.497 e. The number of amides is 1. The van der Waals surface area contributed by atoms with Gasteiger partial charge >= 0.3 is 0 Å². The molecule has 1 amide bonds. The van der Waals surface area contributed by atoms with Crippen LogP contribution in [-0.4, -0.2) is 63.4 Å². The Bertz CT molecular complexity index is 1680. The van der Waals surface area contributed by atoms with Crippen molar-refractivity contribution in [3.8, 4) is 11.5 Å². The summed E-state index contributed by atoms with van der Waals surface area (Å²) in [6, 6.07) is 25.9. The van der Waals surface area contributed by atoms with Crippen molar-refractivity contribution < 1.29 is 22.7 Å². The standard InChI is InChI=1S/C35H37Cl2N3O5S/c1-4-25-9-15-33(16-10-25)46(42,43)40-18-17-38(30-19-31(44-2)21-32(20-30)45-3)24-34(40)35(41)39(22-26-5-11-28(36)12-6-26)23-27-7-13-29(37)14-8-27/h5-16,19-21,34H,4,17-18,22-24H2,1-3H3. The Kier molecular flexibility index (Phi) is 10.8. The fourth-order valence-electron chi connectivity index (χ4n) is 5.54. The maximum atomic E-state index is 14.7. The number of piperazine rings is 1. The van der Waals surface area contributed by atoms with E-state index in [1.54, 1.807) is 61.6 Å². The number of anilines is 1. The summed E-state index contributed by atoms with van der Waals surface area (Å²) in [7, 11) is -0.880. The van der Waals surface area contributed by atoms with Crippen LogP contribution in [0, 0.1) is 0 Å². The van der Waals surface area contributed by atoms with Crippen LogP contribution in [0.1, 0.15) is 23.6 Å². The van der Waals surface area contributed by atoms with Gasteiger partial charge in [-0.05, 0) is 59.5 Å². The highest BCUT2D eigenvalue weighted by Gasteiger charge is 2.42. The molecule has 242 valence electrons. The monoisotopic (exact) mass is 681 g/mol. The third kappa shape index (κ3) is 7.78. The first-order valence-corrected chi connectivity index (χ1v) is 17.2. The highest BCUT2D eigenvalue weighted by Crippen LogP contribution is 2.32. The van der Waals surface area contributed by atoms with Gasteiger partial charge < -0.3 is 19.3 Å². The Balaban J connectivity index is 1.55. The van der Waals surface area contributed by atoms with Crippen molar-refractivity contribution in [1.29, 1.82) is 0 Å². The number of nitrogens with zero attached hydrogens (tertiary/aromatic N) is 3. The van der Waals surface area contributed by atoms with Crippen molar-refractivity contribution >= 4 is 44.8 Å². The molecule has 1 saturated heterocycles. The van der Waals surface area contributed by atoms with Gasteiger partial charge in [0.15, 0.2) is 0 Å². The van der Waals surface area contributed by atoms with Crippen LogP contribution in [0.5, 0.6) is 11.5 Å². The first-order chi connectivity index (χ1) is 22.1. The number of sulfonamides is 1. The summed E-state index contributed by atoms with van der Waals surface area (Å²) in [6.07, 6.45) is 0.786. The fraction of sp³-hybridized carbons (Fsp3) is 0.286. The molecule has 1 fully saturated rings. The lowest BCUT2D eigenvalue weighted by molar-refractivity contribution is -0.136. The van der Waals surface area contributed by atoms with Crippen LogP contribution >= 0.6 is 23.2 Å². The van der Waals surface area contributed by atoms with E-state index in [-0.39, 0.29) is 37.0 Å². The first-order valence-electron chi connectivity index (χ1n) is 15.0. The molecule has 0 aliphatic carbocycles. The zero-order valence-electron chi connectivity index (χ0n) is 26.0. The van der Waals surface area contributed by atoms with Gasteiger partial charge in [-0.3, -0.25) is 4.79 Å². The van der Waals surface area contributed by atoms with Crippen LogP contribution in [0.2, 0.25) is 10.0 Å². The van der Waals surface area contributed by atoms with Crippen molar-refractivity contribution in [3.63, 3.8) is 0 Å². The Labute approximate surface area is 281 Å². The topological polar surface area (TPSA) is 79.4 Å². The third-order valence-corrected chi connectivity index (χ3v) is 10.6. The molecule has 8 nitrogen and oxygen atoms in total. The molecule has 1 aliphatic heterocycles. The number of rotatable bonds is 11. The zero-order chi connectivity index (χ0) is 32.8. The van der Waals surface area contributed by atoms with Crippen LogP contribution in [0.15, 0.2) is 95.9 Å². The minimum Gasteiger partial charge on any atom is -0.497 e. The van der Waals surface area contributed by atoms with Gasteiger partial charge in [-0.25, -0.2) is 8.42 Å². The molecule has 0 radical (unpaired) electrons. The zero-order valence-corrected chi connectivity index (χ0v) is 28.4. The Morgan fingerprint density at radius 3 is 1.76 bits per heavy atom. The quantitative estimate of drug-likeness (QED) is 0.176. The molecular weight excluding hydrogens is 645 g/mol. The lowest BCUT2D eigenvalue weighted by Gasteiger charge is -2.42. The van der Waals surface area contributed by atoms with Gasteiger partial charge in [0.25, 0.3) is 0 Å². The number of aryl methyl sites for hydroxylation is 1. The smallest absolute Gasteiger partial charge is 0.243 e. The van der Waals surface area contributed by atoms with E-state index >= 15 is 0 Å². The van der Waals surface area contributed by atoms with E-state index in [0.717, 1.165) is 28.8 Å². The molecule has 1 heterocycles. The van der Waals surface area contributed by atoms with E-state index in [1.807, 2.05) is 60.4 Å². The predicted molar refractivity (Wildman–Crippen MR) is 182 cm³/mol. The molecule has 0 N–H and O–H groups in total. The molecule has 4 aromatic carbocycles. The first kappa shape index (κ1) is 33.6. The fourth-order valence-corrected chi connectivity index (χ4v) is 7.36. The van der Waals surface area contributed by atoms with E-state index in [4.69, 9.17) is 32.7 Å². The summed E-state index contributed by atoms with van der Waals surface area (Å²) in [4.78, 5) is 18.6. The van der Waals surface area contributed by atoms with Crippen molar-refractivity contribution in [2.45, 2.75) is 37.4 Å². The predicted octanol–water partition coefficient (Wildman–Crippen LogP) is 6.68. The molecular formula is C35H37Cl2N3O5S. The van der Waals surface area contributed by atoms with Crippen LogP contribution in [0.25, 0.3) is 0 Å². The lowest BCUT2D eigenvalue weighted by Crippen LogP contribution is -2.61. The van der Waals surface area contributed by atoms with Gasteiger partial charge in [0, 0.05) is 66.7 Å². The Hall–Kier alpha value is -3.76. The summed E-state index contributed by atoms with van der Waals surface area (Å²) in [6.45, 7) is 3.10. The van der Waals surface area contributed by atoms with Gasteiger partial charge in [0.05, 0.1) is 19.1 Å². The number of halogens is 2. The van der Waals surface area contributed by atoms with Crippen molar-refractivity contribution in [3.05, 3.63) is 118 Å². The average Bonchev–Trinajstić information content (AvgIpc) is 3.09. The summed E-state index contributed by atoms with van der Waals surface area (Å²) in [5, 5.41) is 1.17. The summed E-state index contributed by atoms with van der Waals surface area (Å²) >= 11 is 12.3. The molecule has 11 heteroatoms. The maximum absolute atomic E-state index is 14.7. The molecule has 1 aliphatic rings. The molecule has 46 heavy (non-hydrogen) atoms. The van der Waals surface area contributed by atoms with Crippen molar-refractivity contribution in [2.24, 2.45) is 0 Å². The van der Waals surface area contributed by atoms with Crippen LogP contribution < -0.4 is 14.4 Å². The number of hydrogen-bond donors (Lipinski definition) is 0. The van der Waals surface area contributed by atoms with Gasteiger partial charge in [-0.1, -0.05) is 66.5 Å². The normalized spacial score (nSPS) is 15.4. The molecule has 0 bridgehead atoms. The lowest BCUT2D eigenvalue weighted by atomic mass is 10.1. The van der Waals surface area contributed by atoms with E-state index < -0.39 is 16.1 Å². The number of methoxy groups -OCH3 is 2. The second kappa shape index (κ2) is 14.8. The number of hydrogen-bond acceptors (Lipinski definition) is 6. The SMILES string of the molecule is CCc1ccc(S(=O)(=O)N2CCN(c3cc(OC)cc(OC)c3)CC2C(=O)N(Cc2ccc(Cl)cc2)Cc2ccc(Cl)cc2)cc1. The molecule has 0 spiro atoms. The number of ether oxygens (including phenoxy) is 2. The summed E-state index contributed by atoms with van der Waals surface area (Å²) in [5.41, 5.74) is 3.52. The third-order valence-electron chi connectivity index (χ3n) is 8.14. The van der Waals surface area contributed by atoms with Gasteiger partial charge in [-0.15, -0.1) is 0 Å². The Morgan fingerprint density at radius 2 is 1.28 bits per heavy atom. The van der Waals surface area contributed by atoms with E-state index in [1.165, 1.54) is 4.31 Å². The highest BCUT2D eigenvalue weighted by molar-refractivity contribution is 7.89. The maximum Gasteiger partial charge on any atom is 0.243 e. The van der Waals surface area contributed by atoms with Crippen LogP contribution in [-0.2, 0) is 34.3 Å². The van der Waals surface area contributed by atoms with E-state index in [0.29, 0.717) is 28.1 Å². The average molecular weight is 683 g/mol. The highest BCUT2D eigenvalue weighted by atomic mass is 35.5. The Morgan fingerprint density at radius 1 is 0.783 bits per heavy atom. The molecule has 0 aromatic heterocycles. The second-order valence-electron chi connectivity index (χ2n) is 11.1. The molecule has 0 saturated carbocycles. The second-order valence-corrected chi connectivity index (χ2v) is 13.9. The number of carbonyl (C=O) groups is 1. The minimum atomic E-state index is -4.03. The number of carbonyl (C=O) groups excluding carboxylic acids is 1. The van der Waals surface area contributed by atoms with Crippen molar-refractivity contribution in [1.82, 2.24) is 9.21 Å².